The van der Waals surface area contributed by atoms with Crippen LogP contribution in [0.4, 0.5) is 0 Å². The summed E-state index contributed by atoms with van der Waals surface area (Å²) in [7, 11) is 4.57. The monoisotopic (exact) mass is 412 g/mol. The molecule has 0 aliphatic carbocycles. The van der Waals surface area contributed by atoms with Crippen LogP contribution in [0.5, 0.6) is 5.75 Å². The first kappa shape index (κ1) is 24.4. The van der Waals surface area contributed by atoms with Gasteiger partial charge in [-0.1, -0.05) is 75.4 Å². The number of para-hydroxylation sites is 1. The summed E-state index contributed by atoms with van der Waals surface area (Å²) in [5.41, 5.74) is 0.786. The Morgan fingerprint density at radius 2 is 1.37 bits per heavy atom. The Labute approximate surface area is 184 Å². The van der Waals surface area contributed by atoms with Gasteiger partial charge in [0.15, 0.2) is 0 Å². The lowest BCUT2D eigenvalue weighted by molar-refractivity contribution is -0.972. The van der Waals surface area contributed by atoms with Crippen molar-refractivity contribution in [1.29, 1.82) is 0 Å². The first-order chi connectivity index (χ1) is 14.6. The highest BCUT2D eigenvalue weighted by molar-refractivity contribution is 5.26. The molecule has 0 saturated heterocycles. The van der Waals surface area contributed by atoms with Gasteiger partial charge in [-0.05, 0) is 37.6 Å². The maximum absolute atomic E-state index is 6.93. The second kappa shape index (κ2) is 12.8. The van der Waals surface area contributed by atoms with Crippen molar-refractivity contribution < 1.29 is 14.0 Å². The summed E-state index contributed by atoms with van der Waals surface area (Å²) in [6.45, 7) is 6.70. The molecule has 0 amide bonds. The fraction of sp³-hybridized carbons (Fsp3) is 0.556. The van der Waals surface area contributed by atoms with Crippen LogP contribution in [0.1, 0.15) is 64.4 Å². The molecule has 2 rings (SSSR count). The molecule has 0 saturated carbocycles. The lowest BCUT2D eigenvalue weighted by atomic mass is 9.92. The Hall–Kier alpha value is -1.84. The second-order valence-electron chi connectivity index (χ2n) is 8.69. The van der Waals surface area contributed by atoms with Gasteiger partial charge in [-0.3, -0.25) is 4.48 Å². The Morgan fingerprint density at radius 3 is 2.00 bits per heavy atom. The molecular formula is C27H42NO2+. The third-order valence-corrected chi connectivity index (χ3v) is 6.10. The predicted octanol–water partition coefficient (Wildman–Crippen LogP) is 6.78. The fourth-order valence-corrected chi connectivity index (χ4v) is 4.17. The van der Waals surface area contributed by atoms with Gasteiger partial charge < -0.3 is 9.47 Å². The number of likely N-dealkylation sites (N-methyl/N-ethyl adjacent to an activating group) is 1. The van der Waals surface area contributed by atoms with Crippen LogP contribution in [0, 0.1) is 0 Å². The van der Waals surface area contributed by atoms with Gasteiger partial charge >= 0.3 is 0 Å². The van der Waals surface area contributed by atoms with Crippen molar-refractivity contribution in [3.05, 3.63) is 66.2 Å². The van der Waals surface area contributed by atoms with Crippen LogP contribution in [0.3, 0.4) is 0 Å². The molecule has 0 aliphatic heterocycles. The maximum atomic E-state index is 6.93. The Kier molecular flexibility index (Phi) is 10.4. The standard InChI is InChI=1S/C27H42NO2/c1-5-7-8-9-10-17-22-27(25-18-13-11-14-19-25,28(3,4)23-24-29-6-2)30-26-20-15-12-16-21-26/h11-16,18-21H,5-10,17,22-24H2,1-4H3/q+1. The molecule has 0 heterocycles. The quantitative estimate of drug-likeness (QED) is 0.182. The topological polar surface area (TPSA) is 18.5 Å². The largest absolute Gasteiger partial charge is 0.436 e. The lowest BCUT2D eigenvalue weighted by Gasteiger charge is -2.48. The highest BCUT2D eigenvalue weighted by Crippen LogP contribution is 2.40. The fourth-order valence-electron chi connectivity index (χ4n) is 4.17. The minimum absolute atomic E-state index is 0.454. The van der Waals surface area contributed by atoms with Crippen LogP contribution in [-0.2, 0) is 10.5 Å². The van der Waals surface area contributed by atoms with Gasteiger partial charge in [0.1, 0.15) is 12.3 Å². The molecule has 1 atom stereocenters. The van der Waals surface area contributed by atoms with E-state index in [-0.39, 0.29) is 0 Å². The SMILES string of the molecule is CCCCCCCCC(Oc1ccccc1)(c1ccccc1)[N+](C)(C)CCOCC. The molecule has 0 radical (unpaired) electrons. The number of rotatable bonds is 15. The van der Waals surface area contributed by atoms with Crippen molar-refractivity contribution in [2.45, 2.75) is 64.5 Å². The van der Waals surface area contributed by atoms with Crippen LogP contribution in [0.2, 0.25) is 0 Å². The van der Waals surface area contributed by atoms with E-state index in [0.717, 1.165) is 42.8 Å². The number of nitrogens with zero attached hydrogens (tertiary/aromatic N) is 1. The molecular weight excluding hydrogens is 370 g/mol. The molecule has 2 aromatic carbocycles. The molecule has 3 nitrogen and oxygen atoms in total. The summed E-state index contributed by atoms with van der Waals surface area (Å²) in [6, 6.07) is 21.1. The number of hydrogen-bond acceptors (Lipinski definition) is 2. The van der Waals surface area contributed by atoms with E-state index in [1.165, 1.54) is 37.7 Å². The Balaban J connectivity index is 2.34. The van der Waals surface area contributed by atoms with E-state index in [1.807, 2.05) is 6.07 Å². The average Bonchev–Trinajstić information content (AvgIpc) is 2.76. The van der Waals surface area contributed by atoms with E-state index >= 15 is 0 Å². The summed E-state index contributed by atoms with van der Waals surface area (Å²) in [4.78, 5) is 0. The van der Waals surface area contributed by atoms with Crippen molar-refractivity contribution >= 4 is 0 Å². The zero-order chi connectivity index (χ0) is 21.7. The molecule has 0 N–H and O–H groups in total. The highest BCUT2D eigenvalue weighted by atomic mass is 16.5. The normalized spacial score (nSPS) is 13.7. The molecule has 0 fully saturated rings. The van der Waals surface area contributed by atoms with Gasteiger partial charge in [-0.15, -0.1) is 0 Å². The van der Waals surface area contributed by atoms with Crippen LogP contribution in [-0.4, -0.2) is 38.3 Å². The van der Waals surface area contributed by atoms with Crippen LogP contribution >= 0.6 is 0 Å². The van der Waals surface area contributed by atoms with Crippen LogP contribution < -0.4 is 4.74 Å². The number of hydrogen-bond donors (Lipinski definition) is 0. The Bertz CT molecular complexity index is 687. The average molecular weight is 413 g/mol. The number of ether oxygens (including phenoxy) is 2. The van der Waals surface area contributed by atoms with Gasteiger partial charge in [0.05, 0.1) is 26.3 Å². The molecule has 1 unspecified atom stereocenters. The number of unbranched alkanes of at least 4 members (excludes halogenated alkanes) is 5. The lowest BCUT2D eigenvalue weighted by Crippen LogP contribution is -2.61. The zero-order valence-corrected chi connectivity index (χ0v) is 19.6. The van der Waals surface area contributed by atoms with Crippen LogP contribution in [0.25, 0.3) is 0 Å². The summed E-state index contributed by atoms with van der Waals surface area (Å²) in [5, 5.41) is 0. The van der Waals surface area contributed by atoms with Crippen molar-refractivity contribution in [3.63, 3.8) is 0 Å². The van der Waals surface area contributed by atoms with E-state index in [1.54, 1.807) is 0 Å². The van der Waals surface area contributed by atoms with Gasteiger partial charge in [-0.25, -0.2) is 0 Å². The highest BCUT2D eigenvalue weighted by Gasteiger charge is 2.49. The maximum Gasteiger partial charge on any atom is 0.269 e. The van der Waals surface area contributed by atoms with Gasteiger partial charge in [-0.2, -0.15) is 0 Å². The number of quaternary nitrogens is 1. The van der Waals surface area contributed by atoms with E-state index in [4.69, 9.17) is 9.47 Å². The molecule has 0 spiro atoms. The molecule has 2 aromatic rings. The zero-order valence-electron chi connectivity index (χ0n) is 19.6. The molecule has 0 aliphatic rings. The molecule has 0 aromatic heterocycles. The van der Waals surface area contributed by atoms with Gasteiger partial charge in [0, 0.05) is 13.0 Å². The predicted molar refractivity (Wildman–Crippen MR) is 127 cm³/mol. The van der Waals surface area contributed by atoms with Crippen molar-refractivity contribution in [3.8, 4) is 5.75 Å². The smallest absolute Gasteiger partial charge is 0.269 e. The summed E-state index contributed by atoms with van der Waals surface area (Å²) >= 11 is 0. The second-order valence-corrected chi connectivity index (χ2v) is 8.69. The molecule has 166 valence electrons. The summed E-state index contributed by atoms with van der Waals surface area (Å²) in [6.07, 6.45) is 8.64. The Morgan fingerprint density at radius 1 is 0.767 bits per heavy atom. The van der Waals surface area contributed by atoms with Crippen LogP contribution in [0.15, 0.2) is 60.7 Å². The first-order valence-electron chi connectivity index (χ1n) is 11.8. The van der Waals surface area contributed by atoms with E-state index in [9.17, 15) is 0 Å². The summed E-state index contributed by atoms with van der Waals surface area (Å²) < 4.78 is 13.4. The summed E-state index contributed by atoms with van der Waals surface area (Å²) in [5.74, 6) is 0.926. The van der Waals surface area contributed by atoms with Crippen molar-refractivity contribution in [2.75, 3.05) is 33.9 Å². The third-order valence-electron chi connectivity index (χ3n) is 6.10. The minimum Gasteiger partial charge on any atom is -0.436 e. The van der Waals surface area contributed by atoms with Crippen molar-refractivity contribution in [1.82, 2.24) is 0 Å². The molecule has 3 heteroatoms. The van der Waals surface area contributed by atoms with E-state index in [2.05, 4.69) is 82.5 Å². The first-order valence-corrected chi connectivity index (χ1v) is 11.8. The minimum atomic E-state index is -0.454. The number of benzene rings is 2. The molecule has 0 bridgehead atoms. The van der Waals surface area contributed by atoms with E-state index in [0.29, 0.717) is 0 Å². The van der Waals surface area contributed by atoms with Gasteiger partial charge in [0.2, 0.25) is 0 Å². The van der Waals surface area contributed by atoms with Crippen molar-refractivity contribution in [2.24, 2.45) is 0 Å². The third kappa shape index (κ3) is 6.85. The molecule has 30 heavy (non-hydrogen) atoms. The van der Waals surface area contributed by atoms with Gasteiger partial charge in [0.25, 0.3) is 5.72 Å². The van der Waals surface area contributed by atoms with E-state index < -0.39 is 5.72 Å².